The molecule has 5 atom stereocenters. The van der Waals surface area contributed by atoms with Gasteiger partial charge in [0.1, 0.15) is 23.2 Å². The molecule has 0 aliphatic heterocycles. The summed E-state index contributed by atoms with van der Waals surface area (Å²) in [6.07, 6.45) is 8.43. The largest absolute Gasteiger partial charge is 0.508 e. The maximum atomic E-state index is 9.54. The van der Waals surface area contributed by atoms with Gasteiger partial charge in [0.05, 0.1) is 6.20 Å². The van der Waals surface area contributed by atoms with Crippen molar-refractivity contribution in [1.29, 1.82) is 5.26 Å². The highest BCUT2D eigenvalue weighted by Crippen LogP contribution is 2.59. The number of phenolic OH excluding ortho intramolecular Hbond substituents is 1. The predicted molar refractivity (Wildman–Crippen MR) is 125 cm³/mol. The zero-order chi connectivity index (χ0) is 22.3. The minimum Gasteiger partial charge on any atom is -0.508 e. The fourth-order valence-corrected chi connectivity index (χ4v) is 6.72. The Morgan fingerprint density at radius 2 is 2.00 bits per heavy atom. The van der Waals surface area contributed by atoms with Crippen molar-refractivity contribution >= 4 is 23.4 Å². The zero-order valence-corrected chi connectivity index (χ0v) is 18.8. The SMILES string of the molecule is N#Cc1cnc(NCCc2ccc(O)cc2Cl)nc1NC[C@]12CC3C[C@H](C1)[C@@H](N)[C@@H](C3)C2. The fourth-order valence-electron chi connectivity index (χ4n) is 6.45. The Hall–Kier alpha value is -2.56. The number of benzene rings is 1. The van der Waals surface area contributed by atoms with Crippen LogP contribution in [0.25, 0.3) is 0 Å². The Morgan fingerprint density at radius 1 is 1.22 bits per heavy atom. The number of nitrogens with two attached hydrogens (primary N) is 1. The van der Waals surface area contributed by atoms with Gasteiger partial charge in [0, 0.05) is 24.2 Å². The Labute approximate surface area is 193 Å². The van der Waals surface area contributed by atoms with E-state index in [1.165, 1.54) is 38.2 Å². The standard InChI is InChI=1S/C24H29ClN6O/c25-20-7-19(32)2-1-15(20)3-4-28-23-29-12-18(11-26)22(31-23)30-13-24-8-14-5-16(9-24)21(27)17(6-14)10-24/h1-2,7,12,14,16-17,21,32H,3-6,8-10,13,27H2,(H2,28,29,30,31)/t14?,16-,17+,21-,24-. The van der Waals surface area contributed by atoms with Crippen LogP contribution in [0.2, 0.25) is 5.02 Å². The van der Waals surface area contributed by atoms with E-state index in [0.717, 1.165) is 18.0 Å². The van der Waals surface area contributed by atoms with E-state index in [-0.39, 0.29) is 11.2 Å². The van der Waals surface area contributed by atoms with E-state index in [2.05, 4.69) is 26.7 Å². The van der Waals surface area contributed by atoms with Crippen LogP contribution in [0, 0.1) is 34.5 Å². The van der Waals surface area contributed by atoms with Crippen LogP contribution in [0.5, 0.6) is 5.75 Å². The van der Waals surface area contributed by atoms with E-state index in [9.17, 15) is 10.4 Å². The molecular formula is C24H29ClN6O. The second kappa shape index (κ2) is 8.42. The summed E-state index contributed by atoms with van der Waals surface area (Å²) in [6.45, 7) is 1.42. The molecule has 168 valence electrons. The van der Waals surface area contributed by atoms with Gasteiger partial charge in [0.15, 0.2) is 0 Å². The second-order valence-corrected chi connectivity index (χ2v) is 10.3. The first-order valence-corrected chi connectivity index (χ1v) is 11.8. The minimum absolute atomic E-state index is 0.152. The van der Waals surface area contributed by atoms with Gasteiger partial charge in [-0.3, -0.25) is 0 Å². The van der Waals surface area contributed by atoms with Crippen molar-refractivity contribution < 1.29 is 5.11 Å². The van der Waals surface area contributed by atoms with Crippen molar-refractivity contribution in [2.75, 3.05) is 23.7 Å². The molecule has 7 nitrogen and oxygen atoms in total. The lowest BCUT2D eigenvalue weighted by Gasteiger charge is -2.59. The van der Waals surface area contributed by atoms with Crippen LogP contribution < -0.4 is 16.4 Å². The maximum Gasteiger partial charge on any atom is 0.224 e. The maximum absolute atomic E-state index is 9.54. The lowest BCUT2D eigenvalue weighted by Crippen LogP contribution is -2.58. The fraction of sp³-hybridized carbons (Fsp3) is 0.542. The van der Waals surface area contributed by atoms with Gasteiger partial charge in [-0.2, -0.15) is 10.2 Å². The molecule has 6 rings (SSSR count). The van der Waals surface area contributed by atoms with Crippen molar-refractivity contribution in [3.63, 3.8) is 0 Å². The third-order valence-corrected chi connectivity index (χ3v) is 8.08. The molecule has 1 aromatic carbocycles. The molecule has 1 heterocycles. The lowest BCUT2D eigenvalue weighted by molar-refractivity contribution is -0.0591. The molecule has 1 unspecified atom stereocenters. The second-order valence-electron chi connectivity index (χ2n) is 9.92. The topological polar surface area (TPSA) is 120 Å². The number of hydrogen-bond acceptors (Lipinski definition) is 7. The van der Waals surface area contributed by atoms with Crippen LogP contribution in [-0.2, 0) is 6.42 Å². The quantitative estimate of drug-likeness (QED) is 0.502. The van der Waals surface area contributed by atoms with E-state index in [1.807, 2.05) is 6.07 Å². The number of nitrogens with zero attached hydrogens (tertiary/aromatic N) is 3. The third-order valence-electron chi connectivity index (χ3n) is 7.73. The number of halogens is 1. The zero-order valence-electron chi connectivity index (χ0n) is 18.0. The molecule has 4 saturated carbocycles. The molecule has 2 aromatic rings. The summed E-state index contributed by atoms with van der Waals surface area (Å²) in [5.74, 6) is 3.32. The first-order valence-electron chi connectivity index (χ1n) is 11.4. The van der Waals surface area contributed by atoms with Crippen LogP contribution in [-0.4, -0.2) is 34.2 Å². The summed E-state index contributed by atoms with van der Waals surface area (Å²) in [5.41, 5.74) is 8.15. The molecule has 4 fully saturated rings. The molecule has 4 aliphatic carbocycles. The molecule has 1 aromatic heterocycles. The van der Waals surface area contributed by atoms with Gasteiger partial charge in [-0.05, 0) is 79.4 Å². The van der Waals surface area contributed by atoms with Crippen molar-refractivity contribution in [2.45, 2.75) is 44.6 Å². The molecule has 8 heteroatoms. The number of anilines is 2. The monoisotopic (exact) mass is 452 g/mol. The predicted octanol–water partition coefficient (Wildman–Crippen LogP) is 3.93. The molecule has 4 bridgehead atoms. The molecule has 4 aliphatic rings. The van der Waals surface area contributed by atoms with Crippen LogP contribution >= 0.6 is 11.6 Å². The number of phenols is 1. The highest BCUT2D eigenvalue weighted by Gasteiger charge is 2.54. The van der Waals surface area contributed by atoms with Gasteiger partial charge in [-0.25, -0.2) is 4.98 Å². The number of nitriles is 1. The third kappa shape index (κ3) is 4.10. The summed E-state index contributed by atoms with van der Waals surface area (Å²) < 4.78 is 0. The molecule has 32 heavy (non-hydrogen) atoms. The number of aromatic hydroxyl groups is 1. The van der Waals surface area contributed by atoms with E-state index in [1.54, 1.807) is 12.3 Å². The molecule has 5 N–H and O–H groups in total. The minimum atomic E-state index is 0.152. The Morgan fingerprint density at radius 3 is 2.72 bits per heavy atom. The van der Waals surface area contributed by atoms with E-state index in [0.29, 0.717) is 53.2 Å². The summed E-state index contributed by atoms with van der Waals surface area (Å²) in [7, 11) is 0. The molecular weight excluding hydrogens is 424 g/mol. The summed E-state index contributed by atoms with van der Waals surface area (Å²) >= 11 is 6.18. The van der Waals surface area contributed by atoms with Crippen LogP contribution in [0.3, 0.4) is 0 Å². The first kappa shape index (κ1) is 21.3. The molecule has 0 spiro atoms. The van der Waals surface area contributed by atoms with Crippen molar-refractivity contribution in [2.24, 2.45) is 28.9 Å². The number of hydrogen-bond donors (Lipinski definition) is 4. The summed E-state index contributed by atoms with van der Waals surface area (Å²) in [4.78, 5) is 8.88. The van der Waals surface area contributed by atoms with Gasteiger partial charge in [-0.15, -0.1) is 0 Å². The average molecular weight is 453 g/mol. The van der Waals surface area contributed by atoms with Crippen LogP contribution in [0.1, 0.15) is 43.2 Å². The van der Waals surface area contributed by atoms with Crippen molar-refractivity contribution in [3.05, 3.63) is 40.5 Å². The average Bonchev–Trinajstić information content (AvgIpc) is 2.77. The lowest BCUT2D eigenvalue weighted by atomic mass is 9.48. The number of nitrogens with one attached hydrogen (secondary N) is 2. The van der Waals surface area contributed by atoms with Gasteiger partial charge in [-0.1, -0.05) is 17.7 Å². The van der Waals surface area contributed by atoms with Gasteiger partial charge in [0.25, 0.3) is 0 Å². The van der Waals surface area contributed by atoms with Crippen LogP contribution in [0.4, 0.5) is 11.8 Å². The molecule has 0 amide bonds. The van der Waals surface area contributed by atoms with Gasteiger partial charge in [0.2, 0.25) is 5.95 Å². The smallest absolute Gasteiger partial charge is 0.224 e. The van der Waals surface area contributed by atoms with Crippen LogP contribution in [0.15, 0.2) is 24.4 Å². The van der Waals surface area contributed by atoms with Crippen molar-refractivity contribution in [1.82, 2.24) is 9.97 Å². The highest BCUT2D eigenvalue weighted by atomic mass is 35.5. The number of rotatable bonds is 7. The molecule has 0 radical (unpaired) electrons. The van der Waals surface area contributed by atoms with Crippen molar-refractivity contribution in [3.8, 4) is 11.8 Å². The van der Waals surface area contributed by atoms with E-state index in [4.69, 9.17) is 17.3 Å². The first-order chi connectivity index (χ1) is 15.4. The summed E-state index contributed by atoms with van der Waals surface area (Å²) in [6, 6.07) is 7.54. The van der Waals surface area contributed by atoms with Gasteiger partial charge >= 0.3 is 0 Å². The normalized spacial score (nSPS) is 30.2. The van der Waals surface area contributed by atoms with E-state index >= 15 is 0 Å². The number of aromatic nitrogens is 2. The molecule has 0 saturated heterocycles. The Kier molecular flexibility index (Phi) is 5.60. The highest BCUT2D eigenvalue weighted by molar-refractivity contribution is 6.31. The Bertz CT molecular complexity index is 1040. The van der Waals surface area contributed by atoms with E-state index < -0.39 is 0 Å². The van der Waals surface area contributed by atoms with Gasteiger partial charge < -0.3 is 21.5 Å². The Balaban J connectivity index is 1.23. The summed E-state index contributed by atoms with van der Waals surface area (Å²) in [5, 5.41) is 26.3.